The van der Waals surface area contributed by atoms with Gasteiger partial charge in [-0.2, -0.15) is 0 Å². The molecule has 16 heavy (non-hydrogen) atoms. The van der Waals surface area contributed by atoms with Gasteiger partial charge in [-0.3, -0.25) is 4.79 Å². The number of hydrogen-bond donors (Lipinski definition) is 0. The minimum Gasteiger partial charge on any atom is -0.381 e. The Morgan fingerprint density at radius 2 is 2.56 bits per heavy atom. The summed E-state index contributed by atoms with van der Waals surface area (Å²) in [5, 5.41) is 0. The Morgan fingerprint density at radius 3 is 3.25 bits per heavy atom. The number of ether oxygens (including phenoxy) is 1. The Balaban J connectivity index is 1.86. The van der Waals surface area contributed by atoms with Crippen molar-refractivity contribution >= 4 is 5.78 Å². The number of ketones is 1. The van der Waals surface area contributed by atoms with Gasteiger partial charge < -0.3 is 9.30 Å². The molecule has 0 radical (unpaired) electrons. The predicted molar refractivity (Wildman–Crippen MR) is 60.2 cm³/mol. The average molecular weight is 222 g/mol. The van der Waals surface area contributed by atoms with Crippen molar-refractivity contribution in [2.45, 2.75) is 32.7 Å². The Hall–Kier alpha value is -1.16. The molecule has 4 heteroatoms. The van der Waals surface area contributed by atoms with Crippen molar-refractivity contribution in [3.05, 3.63) is 18.2 Å². The van der Waals surface area contributed by atoms with Gasteiger partial charge in [0, 0.05) is 38.6 Å². The summed E-state index contributed by atoms with van der Waals surface area (Å²) >= 11 is 0. The SMILES string of the molecule is CCn1ccnc1CC(=O)CC1CCOC1. The molecule has 0 aromatic carbocycles. The molecule has 0 spiro atoms. The molecule has 0 amide bonds. The van der Waals surface area contributed by atoms with E-state index in [1.54, 1.807) is 6.20 Å². The van der Waals surface area contributed by atoms with E-state index in [9.17, 15) is 4.79 Å². The maximum Gasteiger partial charge on any atom is 0.140 e. The van der Waals surface area contributed by atoms with Crippen molar-refractivity contribution in [2.24, 2.45) is 5.92 Å². The molecule has 1 aromatic heterocycles. The van der Waals surface area contributed by atoms with Crippen LogP contribution in [0.2, 0.25) is 0 Å². The summed E-state index contributed by atoms with van der Waals surface area (Å²) in [6.45, 7) is 4.48. The van der Waals surface area contributed by atoms with Crippen molar-refractivity contribution in [1.82, 2.24) is 9.55 Å². The Kier molecular flexibility index (Phi) is 3.72. The molecule has 4 nitrogen and oxygen atoms in total. The fourth-order valence-electron chi connectivity index (χ4n) is 2.11. The van der Waals surface area contributed by atoms with Gasteiger partial charge in [0.1, 0.15) is 11.6 Å². The van der Waals surface area contributed by atoms with Gasteiger partial charge in [-0.05, 0) is 19.3 Å². The van der Waals surface area contributed by atoms with Crippen LogP contribution < -0.4 is 0 Å². The molecule has 2 rings (SSSR count). The van der Waals surface area contributed by atoms with Gasteiger partial charge in [-0.15, -0.1) is 0 Å². The second kappa shape index (κ2) is 5.25. The molecule has 0 saturated carbocycles. The van der Waals surface area contributed by atoms with Crippen molar-refractivity contribution in [3.8, 4) is 0 Å². The van der Waals surface area contributed by atoms with E-state index in [0.29, 0.717) is 18.8 Å². The lowest BCUT2D eigenvalue weighted by Crippen LogP contribution is -2.13. The van der Waals surface area contributed by atoms with Gasteiger partial charge in [0.25, 0.3) is 0 Å². The Morgan fingerprint density at radius 1 is 1.69 bits per heavy atom. The molecular formula is C12H18N2O2. The summed E-state index contributed by atoms with van der Waals surface area (Å²) in [6.07, 6.45) is 5.79. The van der Waals surface area contributed by atoms with Crippen LogP contribution in [0.1, 0.15) is 25.6 Å². The van der Waals surface area contributed by atoms with Crippen molar-refractivity contribution in [1.29, 1.82) is 0 Å². The molecule has 1 aromatic rings. The second-order valence-corrected chi connectivity index (χ2v) is 4.28. The molecule has 1 atom stereocenters. The summed E-state index contributed by atoms with van der Waals surface area (Å²) in [6, 6.07) is 0. The van der Waals surface area contributed by atoms with E-state index in [1.807, 2.05) is 10.8 Å². The lowest BCUT2D eigenvalue weighted by atomic mass is 10.0. The highest BCUT2D eigenvalue weighted by atomic mass is 16.5. The third-order valence-corrected chi connectivity index (χ3v) is 3.04. The van der Waals surface area contributed by atoms with Crippen LogP contribution in [-0.4, -0.2) is 28.5 Å². The maximum atomic E-state index is 11.8. The highest BCUT2D eigenvalue weighted by Crippen LogP contribution is 2.17. The molecule has 1 aliphatic heterocycles. The monoisotopic (exact) mass is 222 g/mol. The molecule has 0 aliphatic carbocycles. The first kappa shape index (κ1) is 11.3. The van der Waals surface area contributed by atoms with E-state index in [-0.39, 0.29) is 5.78 Å². The number of aromatic nitrogens is 2. The Labute approximate surface area is 95.6 Å². The number of Topliss-reactive ketones (excluding diaryl/α,β-unsaturated/α-hetero) is 1. The van der Waals surface area contributed by atoms with E-state index < -0.39 is 0 Å². The van der Waals surface area contributed by atoms with Gasteiger partial charge in [-0.25, -0.2) is 4.98 Å². The summed E-state index contributed by atoms with van der Waals surface area (Å²) in [5.41, 5.74) is 0. The number of carbonyl (C=O) groups is 1. The maximum absolute atomic E-state index is 11.8. The first-order chi connectivity index (χ1) is 7.79. The molecule has 1 saturated heterocycles. The molecular weight excluding hydrogens is 204 g/mol. The predicted octanol–water partition coefficient (Wildman–Crippen LogP) is 1.44. The van der Waals surface area contributed by atoms with E-state index in [4.69, 9.17) is 4.74 Å². The second-order valence-electron chi connectivity index (χ2n) is 4.28. The molecule has 1 aliphatic rings. The van der Waals surface area contributed by atoms with E-state index in [0.717, 1.165) is 32.0 Å². The van der Waals surface area contributed by atoms with Crippen LogP contribution in [0.25, 0.3) is 0 Å². The van der Waals surface area contributed by atoms with E-state index in [1.165, 1.54) is 0 Å². The van der Waals surface area contributed by atoms with Crippen molar-refractivity contribution in [3.63, 3.8) is 0 Å². The lowest BCUT2D eigenvalue weighted by Gasteiger charge is -2.07. The van der Waals surface area contributed by atoms with Crippen LogP contribution in [0.4, 0.5) is 0 Å². The van der Waals surface area contributed by atoms with Crippen LogP contribution in [0.15, 0.2) is 12.4 Å². The number of imidazole rings is 1. The molecule has 0 bridgehead atoms. The van der Waals surface area contributed by atoms with Gasteiger partial charge in [0.15, 0.2) is 0 Å². The summed E-state index contributed by atoms with van der Waals surface area (Å²) in [4.78, 5) is 16.0. The van der Waals surface area contributed by atoms with Crippen LogP contribution >= 0.6 is 0 Å². The standard InChI is InChI=1S/C12H18N2O2/c1-2-14-5-4-13-12(14)8-11(15)7-10-3-6-16-9-10/h4-5,10H,2-3,6-9H2,1H3. The summed E-state index contributed by atoms with van der Waals surface area (Å²) in [7, 11) is 0. The smallest absolute Gasteiger partial charge is 0.140 e. The summed E-state index contributed by atoms with van der Waals surface area (Å²) < 4.78 is 7.28. The largest absolute Gasteiger partial charge is 0.381 e. The van der Waals surface area contributed by atoms with Crippen LogP contribution in [0.5, 0.6) is 0 Å². The zero-order valence-electron chi connectivity index (χ0n) is 9.69. The minimum absolute atomic E-state index is 0.274. The fraction of sp³-hybridized carbons (Fsp3) is 0.667. The number of carbonyl (C=O) groups excluding carboxylic acids is 1. The van der Waals surface area contributed by atoms with Gasteiger partial charge in [0.05, 0.1) is 6.42 Å². The van der Waals surface area contributed by atoms with Gasteiger partial charge >= 0.3 is 0 Å². The molecule has 1 fully saturated rings. The third-order valence-electron chi connectivity index (χ3n) is 3.04. The molecule has 0 N–H and O–H groups in total. The molecule has 1 unspecified atom stereocenters. The quantitative estimate of drug-likeness (QED) is 0.757. The molecule has 88 valence electrons. The zero-order valence-corrected chi connectivity index (χ0v) is 9.69. The normalized spacial score (nSPS) is 20.2. The number of aryl methyl sites for hydroxylation is 1. The van der Waals surface area contributed by atoms with Crippen LogP contribution in [-0.2, 0) is 22.5 Å². The fourth-order valence-corrected chi connectivity index (χ4v) is 2.11. The highest BCUT2D eigenvalue weighted by Gasteiger charge is 2.19. The van der Waals surface area contributed by atoms with Gasteiger partial charge in [0.2, 0.25) is 0 Å². The number of rotatable bonds is 5. The topological polar surface area (TPSA) is 44.1 Å². The molecule has 2 heterocycles. The first-order valence-corrected chi connectivity index (χ1v) is 5.89. The average Bonchev–Trinajstić information content (AvgIpc) is 2.88. The lowest BCUT2D eigenvalue weighted by molar-refractivity contribution is -0.119. The number of hydrogen-bond acceptors (Lipinski definition) is 3. The Bertz CT molecular complexity index is 354. The third kappa shape index (κ3) is 2.70. The van der Waals surface area contributed by atoms with Gasteiger partial charge in [-0.1, -0.05) is 0 Å². The van der Waals surface area contributed by atoms with E-state index >= 15 is 0 Å². The summed E-state index contributed by atoms with van der Waals surface area (Å²) in [5.74, 6) is 1.58. The zero-order chi connectivity index (χ0) is 11.4. The number of nitrogens with zero attached hydrogens (tertiary/aromatic N) is 2. The van der Waals surface area contributed by atoms with Crippen molar-refractivity contribution < 1.29 is 9.53 Å². The minimum atomic E-state index is 0.274. The highest BCUT2D eigenvalue weighted by molar-refractivity contribution is 5.80. The van der Waals surface area contributed by atoms with E-state index in [2.05, 4.69) is 11.9 Å². The van der Waals surface area contributed by atoms with Crippen LogP contribution in [0.3, 0.4) is 0 Å². The first-order valence-electron chi connectivity index (χ1n) is 5.89. The van der Waals surface area contributed by atoms with Crippen LogP contribution in [0, 0.1) is 5.92 Å². The van der Waals surface area contributed by atoms with Crippen molar-refractivity contribution in [2.75, 3.05) is 13.2 Å².